The van der Waals surface area contributed by atoms with Crippen LogP contribution >= 0.6 is 0 Å². The van der Waals surface area contributed by atoms with Gasteiger partial charge in [0.15, 0.2) is 0 Å². The summed E-state index contributed by atoms with van der Waals surface area (Å²) in [6, 6.07) is 0. The first-order chi connectivity index (χ1) is 7.94. The van der Waals surface area contributed by atoms with Gasteiger partial charge in [-0.15, -0.1) is 0 Å². The molecule has 2 rings (SSSR count). The molecule has 5 nitrogen and oxygen atoms in total. The van der Waals surface area contributed by atoms with E-state index >= 15 is 0 Å². The first kappa shape index (κ1) is 12.2. The highest BCUT2D eigenvalue weighted by atomic mass is 16.6. The Hall–Kier alpha value is -1.26. The van der Waals surface area contributed by atoms with Gasteiger partial charge in [-0.3, -0.25) is 4.90 Å². The molecule has 1 aliphatic carbocycles. The van der Waals surface area contributed by atoms with Gasteiger partial charge >= 0.3 is 6.09 Å². The Bertz CT molecular complexity index is 321. The summed E-state index contributed by atoms with van der Waals surface area (Å²) in [6.07, 6.45) is 3.47. The molecule has 2 fully saturated rings. The number of oxime groups is 1. The predicted molar refractivity (Wildman–Crippen MR) is 64.0 cm³/mol. The highest BCUT2D eigenvalue weighted by Crippen LogP contribution is 2.22. The molecule has 5 heteroatoms. The molecule has 1 aliphatic heterocycles. The number of carbonyl (C=O) groups is 1. The summed E-state index contributed by atoms with van der Waals surface area (Å²) in [7, 11) is 0. The fourth-order valence-corrected chi connectivity index (χ4v) is 1.53. The Balaban J connectivity index is 1.68. The lowest BCUT2D eigenvalue weighted by Gasteiger charge is -2.34. The standard InChI is InChI=1S/C12H20N2O3/c1-12(2,3)16-11(15)14-7-9(8-14)13-17-10-5-4-6-10/h10H,4-8H2,1-3H3. The van der Waals surface area contributed by atoms with Crippen LogP contribution in [0.3, 0.4) is 0 Å². The zero-order valence-corrected chi connectivity index (χ0v) is 10.7. The predicted octanol–water partition coefficient (Wildman–Crippen LogP) is 2.16. The number of amides is 1. The second-order valence-corrected chi connectivity index (χ2v) is 5.65. The number of hydrogen-bond donors (Lipinski definition) is 0. The Labute approximate surface area is 102 Å². The Kier molecular flexibility index (Phi) is 3.26. The second-order valence-electron chi connectivity index (χ2n) is 5.65. The molecular weight excluding hydrogens is 220 g/mol. The van der Waals surface area contributed by atoms with Crippen LogP contribution in [0.4, 0.5) is 4.79 Å². The van der Waals surface area contributed by atoms with Crippen molar-refractivity contribution in [3.8, 4) is 0 Å². The van der Waals surface area contributed by atoms with E-state index in [2.05, 4.69) is 5.16 Å². The number of hydrogen-bond acceptors (Lipinski definition) is 4. The van der Waals surface area contributed by atoms with Crippen molar-refractivity contribution in [3.63, 3.8) is 0 Å². The maximum Gasteiger partial charge on any atom is 0.410 e. The molecule has 96 valence electrons. The number of rotatable bonds is 2. The van der Waals surface area contributed by atoms with E-state index < -0.39 is 5.60 Å². The quantitative estimate of drug-likeness (QED) is 0.695. The Morgan fingerprint density at radius 2 is 2.00 bits per heavy atom. The van der Waals surface area contributed by atoms with Crippen LogP contribution in [0.25, 0.3) is 0 Å². The van der Waals surface area contributed by atoms with E-state index in [0.717, 1.165) is 18.6 Å². The van der Waals surface area contributed by atoms with Gasteiger partial charge in [0.2, 0.25) is 0 Å². The molecule has 0 radical (unpaired) electrons. The van der Waals surface area contributed by atoms with Crippen molar-refractivity contribution < 1.29 is 14.4 Å². The lowest BCUT2D eigenvalue weighted by Crippen LogP contribution is -2.52. The van der Waals surface area contributed by atoms with Crippen LogP contribution in [0.5, 0.6) is 0 Å². The first-order valence-corrected chi connectivity index (χ1v) is 6.13. The van der Waals surface area contributed by atoms with Gasteiger partial charge in [0.05, 0.1) is 18.8 Å². The molecule has 0 N–H and O–H groups in total. The lowest BCUT2D eigenvalue weighted by atomic mass is 9.97. The normalized spacial score (nSPS) is 20.4. The minimum atomic E-state index is -0.438. The van der Waals surface area contributed by atoms with Gasteiger partial charge in [-0.1, -0.05) is 5.16 Å². The van der Waals surface area contributed by atoms with Crippen LogP contribution in [0.2, 0.25) is 0 Å². The smallest absolute Gasteiger partial charge is 0.410 e. The van der Waals surface area contributed by atoms with Gasteiger partial charge in [-0.05, 0) is 40.0 Å². The molecule has 0 unspecified atom stereocenters. The highest BCUT2D eigenvalue weighted by Gasteiger charge is 2.31. The van der Waals surface area contributed by atoms with Crippen LogP contribution < -0.4 is 0 Å². The van der Waals surface area contributed by atoms with Gasteiger partial charge < -0.3 is 9.57 Å². The molecule has 0 spiro atoms. The van der Waals surface area contributed by atoms with E-state index in [1.807, 2.05) is 20.8 Å². The lowest BCUT2D eigenvalue weighted by molar-refractivity contribution is 0.00134. The van der Waals surface area contributed by atoms with Crippen LogP contribution in [-0.2, 0) is 9.57 Å². The van der Waals surface area contributed by atoms with E-state index in [1.54, 1.807) is 4.90 Å². The molecular formula is C12H20N2O3. The molecule has 17 heavy (non-hydrogen) atoms. The summed E-state index contributed by atoms with van der Waals surface area (Å²) >= 11 is 0. The van der Waals surface area contributed by atoms with Crippen molar-refractivity contribution >= 4 is 11.8 Å². The third kappa shape index (κ3) is 3.35. The van der Waals surface area contributed by atoms with Gasteiger partial charge in [-0.2, -0.15) is 0 Å². The molecule has 0 aromatic rings. The molecule has 0 atom stereocenters. The van der Waals surface area contributed by atoms with Crippen molar-refractivity contribution in [1.82, 2.24) is 4.90 Å². The zero-order valence-electron chi connectivity index (χ0n) is 10.7. The van der Waals surface area contributed by atoms with Gasteiger partial charge in [0.1, 0.15) is 11.7 Å². The maximum absolute atomic E-state index is 11.6. The van der Waals surface area contributed by atoms with Crippen molar-refractivity contribution in [2.24, 2.45) is 5.16 Å². The summed E-state index contributed by atoms with van der Waals surface area (Å²) in [5.41, 5.74) is 0.481. The largest absolute Gasteiger partial charge is 0.444 e. The molecule has 2 aliphatic rings. The Morgan fingerprint density at radius 1 is 1.35 bits per heavy atom. The summed E-state index contributed by atoms with van der Waals surface area (Å²) in [6.45, 7) is 6.64. The SMILES string of the molecule is CC(C)(C)OC(=O)N1CC(=NOC2CCC2)C1. The molecule has 1 saturated heterocycles. The zero-order chi connectivity index (χ0) is 12.5. The molecule has 1 saturated carbocycles. The van der Waals surface area contributed by atoms with E-state index in [4.69, 9.17) is 9.57 Å². The highest BCUT2D eigenvalue weighted by molar-refractivity contribution is 5.98. The fourth-order valence-electron chi connectivity index (χ4n) is 1.53. The van der Waals surface area contributed by atoms with Crippen molar-refractivity contribution in [2.45, 2.75) is 51.7 Å². The van der Waals surface area contributed by atoms with Crippen LogP contribution in [0.1, 0.15) is 40.0 Å². The maximum atomic E-state index is 11.6. The van der Waals surface area contributed by atoms with E-state index in [9.17, 15) is 4.79 Å². The number of likely N-dealkylation sites (tertiary alicyclic amines) is 1. The van der Waals surface area contributed by atoms with Crippen LogP contribution in [-0.4, -0.2) is 41.5 Å². The average molecular weight is 240 g/mol. The fraction of sp³-hybridized carbons (Fsp3) is 0.833. The van der Waals surface area contributed by atoms with Gasteiger partial charge in [-0.25, -0.2) is 4.79 Å². The van der Waals surface area contributed by atoms with Gasteiger partial charge in [0, 0.05) is 0 Å². The monoisotopic (exact) mass is 240 g/mol. The second kappa shape index (κ2) is 4.55. The van der Waals surface area contributed by atoms with Crippen molar-refractivity contribution in [3.05, 3.63) is 0 Å². The molecule has 0 aromatic heterocycles. The average Bonchev–Trinajstić information content (AvgIpc) is 2.01. The summed E-state index contributed by atoms with van der Waals surface area (Å²) in [4.78, 5) is 18.5. The third-order valence-electron chi connectivity index (χ3n) is 2.78. The topological polar surface area (TPSA) is 51.1 Å². The van der Waals surface area contributed by atoms with E-state index in [0.29, 0.717) is 19.2 Å². The minimum Gasteiger partial charge on any atom is -0.444 e. The molecule has 1 heterocycles. The first-order valence-electron chi connectivity index (χ1n) is 6.13. The molecule has 0 bridgehead atoms. The minimum absolute atomic E-state index is 0.278. The Morgan fingerprint density at radius 3 is 2.47 bits per heavy atom. The number of carbonyl (C=O) groups excluding carboxylic acids is 1. The third-order valence-corrected chi connectivity index (χ3v) is 2.78. The van der Waals surface area contributed by atoms with Crippen LogP contribution in [0, 0.1) is 0 Å². The number of ether oxygens (including phenoxy) is 1. The molecule has 1 amide bonds. The van der Waals surface area contributed by atoms with Crippen molar-refractivity contribution in [1.29, 1.82) is 0 Å². The summed E-state index contributed by atoms with van der Waals surface area (Å²) in [5.74, 6) is 0. The van der Waals surface area contributed by atoms with Crippen molar-refractivity contribution in [2.75, 3.05) is 13.1 Å². The van der Waals surface area contributed by atoms with Gasteiger partial charge in [0.25, 0.3) is 0 Å². The molecule has 0 aromatic carbocycles. The van der Waals surface area contributed by atoms with E-state index in [1.165, 1.54) is 6.42 Å². The summed E-state index contributed by atoms with van der Waals surface area (Å²) in [5, 5.41) is 4.05. The van der Waals surface area contributed by atoms with E-state index in [-0.39, 0.29) is 6.09 Å². The van der Waals surface area contributed by atoms with Crippen LogP contribution in [0.15, 0.2) is 5.16 Å². The summed E-state index contributed by atoms with van der Waals surface area (Å²) < 4.78 is 5.24. The number of nitrogens with zero attached hydrogens (tertiary/aromatic N) is 2.